The predicted octanol–water partition coefficient (Wildman–Crippen LogP) is 2.43. The number of nitrogens with one attached hydrogen (secondary N) is 1. The second kappa shape index (κ2) is 8.25. The van der Waals surface area contributed by atoms with Crippen LogP contribution in [0, 0.1) is 0 Å². The Morgan fingerprint density at radius 1 is 1.48 bits per heavy atom. The highest BCUT2D eigenvalue weighted by Gasteiger charge is 2.26. The lowest BCUT2D eigenvalue weighted by Gasteiger charge is -2.34. The maximum absolute atomic E-state index is 12.6. The molecule has 2 rings (SSSR count). The number of benzene rings is 1. The number of hydrogen-bond acceptors (Lipinski definition) is 3. The maximum atomic E-state index is 12.6. The molecule has 1 amide bonds. The summed E-state index contributed by atoms with van der Waals surface area (Å²) in [5, 5.41) is 3.27. The smallest absolute Gasteiger partial charge is 0.229 e. The molecular formula is C16H25ClN2O2. The van der Waals surface area contributed by atoms with Gasteiger partial charge in [0, 0.05) is 19.1 Å². The Bertz CT molecular complexity index is 467. The van der Waals surface area contributed by atoms with Crippen molar-refractivity contribution in [1.29, 1.82) is 0 Å². The van der Waals surface area contributed by atoms with Crippen LogP contribution in [0.3, 0.4) is 0 Å². The number of nitrogens with zero attached hydrogens (tertiary/aromatic N) is 1. The van der Waals surface area contributed by atoms with Crippen molar-refractivity contribution >= 4 is 18.3 Å². The molecule has 4 nitrogen and oxygen atoms in total. The van der Waals surface area contributed by atoms with Gasteiger partial charge in [-0.25, -0.2) is 0 Å². The molecule has 1 aliphatic rings. The van der Waals surface area contributed by atoms with E-state index in [0.717, 1.165) is 37.2 Å². The van der Waals surface area contributed by atoms with Crippen LogP contribution in [0.25, 0.3) is 0 Å². The molecule has 0 aliphatic carbocycles. The molecule has 2 unspecified atom stereocenters. The highest BCUT2D eigenvalue weighted by Crippen LogP contribution is 2.24. The number of rotatable bonds is 4. The molecule has 118 valence electrons. The Kier molecular flexibility index (Phi) is 6.99. The molecule has 0 spiro atoms. The molecule has 21 heavy (non-hydrogen) atoms. The molecule has 1 heterocycles. The van der Waals surface area contributed by atoms with Crippen LogP contribution in [-0.4, -0.2) is 44.1 Å². The van der Waals surface area contributed by atoms with E-state index < -0.39 is 0 Å². The second-order valence-corrected chi connectivity index (χ2v) is 5.41. The lowest BCUT2D eigenvalue weighted by molar-refractivity contribution is -0.133. The lowest BCUT2D eigenvalue weighted by atomic mass is 9.97. The van der Waals surface area contributed by atoms with Gasteiger partial charge in [0.2, 0.25) is 5.91 Å². The zero-order valence-corrected chi connectivity index (χ0v) is 13.8. The Morgan fingerprint density at radius 2 is 2.24 bits per heavy atom. The summed E-state index contributed by atoms with van der Waals surface area (Å²) in [5.41, 5.74) is 1.01. The number of ether oxygens (including phenoxy) is 1. The Morgan fingerprint density at radius 3 is 2.90 bits per heavy atom. The monoisotopic (exact) mass is 312 g/mol. The second-order valence-electron chi connectivity index (χ2n) is 5.41. The molecule has 1 N–H and O–H groups in total. The fourth-order valence-electron chi connectivity index (χ4n) is 2.74. The molecule has 5 heteroatoms. The summed E-state index contributed by atoms with van der Waals surface area (Å²) in [5.74, 6) is 0.882. The summed E-state index contributed by atoms with van der Waals surface area (Å²) in [6.07, 6.45) is 2.22. The zero-order chi connectivity index (χ0) is 14.5. The van der Waals surface area contributed by atoms with Crippen molar-refractivity contribution < 1.29 is 9.53 Å². The van der Waals surface area contributed by atoms with E-state index in [4.69, 9.17) is 4.74 Å². The van der Waals surface area contributed by atoms with Crippen molar-refractivity contribution in [2.45, 2.75) is 31.7 Å². The number of hydrogen-bond donors (Lipinski definition) is 1. The number of piperidine rings is 1. The van der Waals surface area contributed by atoms with Crippen molar-refractivity contribution in [3.8, 4) is 5.75 Å². The molecule has 0 bridgehead atoms. The van der Waals surface area contributed by atoms with Gasteiger partial charge < -0.3 is 15.0 Å². The van der Waals surface area contributed by atoms with Crippen LogP contribution in [0.1, 0.15) is 31.2 Å². The van der Waals surface area contributed by atoms with Crippen LogP contribution in [0.2, 0.25) is 0 Å². The summed E-state index contributed by atoms with van der Waals surface area (Å²) in [7, 11) is 3.61. The van der Waals surface area contributed by atoms with Crippen LogP contribution in [0.15, 0.2) is 24.3 Å². The summed E-state index contributed by atoms with van der Waals surface area (Å²) < 4.78 is 5.23. The zero-order valence-electron chi connectivity index (χ0n) is 13.0. The molecule has 1 fully saturated rings. The largest absolute Gasteiger partial charge is 0.497 e. The third-order valence-corrected chi connectivity index (χ3v) is 4.11. The molecule has 1 aromatic carbocycles. The lowest BCUT2D eigenvalue weighted by Crippen LogP contribution is -2.48. The van der Waals surface area contributed by atoms with Gasteiger partial charge >= 0.3 is 0 Å². The standard InChI is InChI=1S/C16H24N2O2.ClH/c1-12(13-6-4-8-15(10-13)20-3)16(19)18-9-5-7-14(11-18)17-2;/h4,6,8,10,12,14,17H,5,7,9,11H2,1-3H3;1H. The minimum atomic E-state index is -0.124. The molecule has 2 atom stereocenters. The van der Waals surface area contributed by atoms with Crippen LogP contribution >= 0.6 is 12.4 Å². The Hall–Kier alpha value is -1.26. The van der Waals surface area contributed by atoms with Gasteiger partial charge in [0.05, 0.1) is 13.0 Å². The summed E-state index contributed by atoms with van der Waals surface area (Å²) in [4.78, 5) is 14.6. The first-order valence-electron chi connectivity index (χ1n) is 7.25. The SMILES string of the molecule is CNC1CCCN(C(=O)C(C)c2cccc(OC)c2)C1.Cl. The van der Waals surface area contributed by atoms with Gasteiger partial charge in [-0.1, -0.05) is 12.1 Å². The first kappa shape index (κ1) is 17.8. The topological polar surface area (TPSA) is 41.6 Å². The van der Waals surface area contributed by atoms with Gasteiger partial charge in [0.15, 0.2) is 0 Å². The van der Waals surface area contributed by atoms with Crippen molar-refractivity contribution in [2.75, 3.05) is 27.2 Å². The normalized spacial score (nSPS) is 19.6. The number of likely N-dealkylation sites (tertiary alicyclic amines) is 1. The third kappa shape index (κ3) is 4.35. The number of amides is 1. The number of carbonyl (C=O) groups excluding carboxylic acids is 1. The Balaban J connectivity index is 0.00000220. The molecule has 1 aliphatic heterocycles. The van der Waals surface area contributed by atoms with Crippen LogP contribution in [0.4, 0.5) is 0 Å². The number of likely N-dealkylation sites (N-methyl/N-ethyl adjacent to an activating group) is 1. The van der Waals surface area contributed by atoms with Crippen molar-refractivity contribution in [1.82, 2.24) is 10.2 Å². The highest BCUT2D eigenvalue weighted by molar-refractivity contribution is 5.85. The predicted molar refractivity (Wildman–Crippen MR) is 87.3 cm³/mol. The quantitative estimate of drug-likeness (QED) is 0.928. The number of methoxy groups -OCH3 is 1. The van der Waals surface area contributed by atoms with Crippen molar-refractivity contribution in [2.24, 2.45) is 0 Å². The van der Waals surface area contributed by atoms with E-state index in [9.17, 15) is 4.79 Å². The van der Waals surface area contributed by atoms with E-state index >= 15 is 0 Å². The number of halogens is 1. The molecule has 0 radical (unpaired) electrons. The van der Waals surface area contributed by atoms with E-state index in [1.807, 2.05) is 43.1 Å². The average molecular weight is 313 g/mol. The van der Waals surface area contributed by atoms with E-state index in [1.54, 1.807) is 7.11 Å². The Labute approximate surface area is 133 Å². The van der Waals surface area contributed by atoms with Crippen LogP contribution < -0.4 is 10.1 Å². The summed E-state index contributed by atoms with van der Waals surface area (Å²) in [6, 6.07) is 8.20. The summed E-state index contributed by atoms with van der Waals surface area (Å²) in [6.45, 7) is 3.65. The van der Waals surface area contributed by atoms with Gasteiger partial charge in [0.1, 0.15) is 5.75 Å². The van der Waals surface area contributed by atoms with Gasteiger partial charge in [-0.2, -0.15) is 0 Å². The fourth-order valence-corrected chi connectivity index (χ4v) is 2.74. The summed E-state index contributed by atoms with van der Waals surface area (Å²) >= 11 is 0. The van der Waals surface area contributed by atoms with E-state index in [0.29, 0.717) is 6.04 Å². The molecule has 0 saturated carbocycles. The van der Waals surface area contributed by atoms with E-state index in [-0.39, 0.29) is 24.2 Å². The molecule has 1 aromatic rings. The molecular weight excluding hydrogens is 288 g/mol. The molecule has 0 aromatic heterocycles. The average Bonchev–Trinajstić information content (AvgIpc) is 2.53. The van der Waals surface area contributed by atoms with Crippen LogP contribution in [0.5, 0.6) is 5.75 Å². The fraction of sp³-hybridized carbons (Fsp3) is 0.562. The maximum Gasteiger partial charge on any atom is 0.229 e. The minimum Gasteiger partial charge on any atom is -0.497 e. The van der Waals surface area contributed by atoms with E-state index in [2.05, 4.69) is 5.32 Å². The van der Waals surface area contributed by atoms with Crippen molar-refractivity contribution in [3.05, 3.63) is 29.8 Å². The first-order valence-corrected chi connectivity index (χ1v) is 7.25. The molecule has 1 saturated heterocycles. The van der Waals surface area contributed by atoms with Crippen LogP contribution in [-0.2, 0) is 4.79 Å². The first-order chi connectivity index (χ1) is 9.65. The minimum absolute atomic E-state index is 0. The van der Waals surface area contributed by atoms with Gasteiger partial charge in [0.25, 0.3) is 0 Å². The van der Waals surface area contributed by atoms with Crippen molar-refractivity contribution in [3.63, 3.8) is 0 Å². The van der Waals surface area contributed by atoms with Gasteiger partial charge in [-0.05, 0) is 44.5 Å². The third-order valence-electron chi connectivity index (χ3n) is 4.11. The van der Waals surface area contributed by atoms with Gasteiger partial charge in [-0.15, -0.1) is 12.4 Å². The van der Waals surface area contributed by atoms with Gasteiger partial charge in [-0.3, -0.25) is 4.79 Å². The van der Waals surface area contributed by atoms with E-state index in [1.165, 1.54) is 0 Å². The highest BCUT2D eigenvalue weighted by atomic mass is 35.5. The number of carbonyl (C=O) groups is 1.